The number of anilines is 1. The fourth-order valence-corrected chi connectivity index (χ4v) is 4.13. The van der Waals surface area contributed by atoms with Crippen LogP contribution in [0.2, 0.25) is 0 Å². The quantitative estimate of drug-likeness (QED) is 0.489. The highest BCUT2D eigenvalue weighted by Crippen LogP contribution is 2.37. The van der Waals surface area contributed by atoms with E-state index in [-0.39, 0.29) is 5.82 Å². The number of hydrogen-bond donors (Lipinski definition) is 2. The molecule has 4 N–H and O–H groups in total. The van der Waals surface area contributed by atoms with E-state index in [9.17, 15) is 4.79 Å². The molecule has 3 aromatic rings. The summed E-state index contributed by atoms with van der Waals surface area (Å²) in [5.74, 6) is 0.516. The van der Waals surface area contributed by atoms with E-state index in [2.05, 4.69) is 30.9 Å². The third-order valence-corrected chi connectivity index (χ3v) is 6.38. The highest BCUT2D eigenvalue weighted by molar-refractivity contribution is 9.10. The summed E-state index contributed by atoms with van der Waals surface area (Å²) in [6.07, 6.45) is 1.70. The molecule has 0 amide bonds. The number of nitrogens with zero attached hydrogens (tertiary/aromatic N) is 4. The van der Waals surface area contributed by atoms with Crippen molar-refractivity contribution in [2.45, 2.75) is 35.5 Å². The molecule has 1 aromatic carbocycles. The summed E-state index contributed by atoms with van der Waals surface area (Å²) in [4.78, 5) is 25.8. The van der Waals surface area contributed by atoms with Crippen LogP contribution in [-0.2, 0) is 16.1 Å². The van der Waals surface area contributed by atoms with Gasteiger partial charge in [0.1, 0.15) is 17.6 Å². The lowest BCUT2D eigenvalue weighted by Gasteiger charge is -2.22. The number of esters is 1. The Balaban J connectivity index is 2.02. The molecule has 29 heavy (non-hydrogen) atoms. The van der Waals surface area contributed by atoms with Crippen molar-refractivity contribution in [1.82, 2.24) is 19.5 Å². The Bertz CT molecular complexity index is 1060. The number of fused-ring (bicyclic) bond motifs is 1. The molecule has 1 atom stereocenters. The largest absolute Gasteiger partial charge is 0.497 e. The molecule has 0 unspecified atom stereocenters. The maximum absolute atomic E-state index is 12.0. The van der Waals surface area contributed by atoms with E-state index in [4.69, 9.17) is 20.9 Å². The summed E-state index contributed by atoms with van der Waals surface area (Å²) in [5.41, 5.74) is 12.0. The summed E-state index contributed by atoms with van der Waals surface area (Å²) in [6.45, 7) is 2.02. The number of aromatic nitrogens is 4. The fourth-order valence-electron chi connectivity index (χ4n) is 2.68. The van der Waals surface area contributed by atoms with Gasteiger partial charge in [-0.25, -0.2) is 15.0 Å². The number of benzene rings is 1. The molecular weight excluding hydrogens is 460 g/mol. The zero-order valence-corrected chi connectivity index (χ0v) is 18.6. The molecule has 9 nitrogen and oxygen atoms in total. The van der Waals surface area contributed by atoms with E-state index in [1.54, 1.807) is 14.0 Å². The number of ether oxygens (including phenoxy) is 2. The molecule has 0 saturated carbocycles. The first kappa shape index (κ1) is 21.3. The van der Waals surface area contributed by atoms with Crippen LogP contribution < -0.4 is 16.2 Å². The first-order chi connectivity index (χ1) is 13.8. The minimum atomic E-state index is -1.15. The summed E-state index contributed by atoms with van der Waals surface area (Å²) in [7, 11) is 2.92. The zero-order chi connectivity index (χ0) is 21.2. The van der Waals surface area contributed by atoms with Crippen molar-refractivity contribution in [3.63, 3.8) is 0 Å². The molecule has 0 spiro atoms. The first-order valence-electron chi connectivity index (χ1n) is 8.62. The molecule has 0 saturated heterocycles. The average molecular weight is 481 g/mol. The van der Waals surface area contributed by atoms with Gasteiger partial charge in [0.25, 0.3) is 0 Å². The first-order valence-corrected chi connectivity index (χ1v) is 10.2. The maximum atomic E-state index is 12.0. The number of carbonyl (C=O) groups is 1. The lowest BCUT2D eigenvalue weighted by atomic mass is 10.00. The van der Waals surface area contributed by atoms with Crippen molar-refractivity contribution in [1.29, 1.82) is 0 Å². The number of carbonyl (C=O) groups excluding carboxylic acids is 1. The molecule has 0 radical (unpaired) electrons. The fraction of sp³-hybridized carbons (Fsp3) is 0.333. The van der Waals surface area contributed by atoms with Gasteiger partial charge in [0.15, 0.2) is 22.1 Å². The van der Waals surface area contributed by atoms with Crippen LogP contribution in [0.25, 0.3) is 11.2 Å². The molecule has 0 aliphatic heterocycles. The second-order valence-corrected chi connectivity index (χ2v) is 8.40. The summed E-state index contributed by atoms with van der Waals surface area (Å²) >= 11 is 4.97. The maximum Gasteiger partial charge on any atom is 0.325 e. The van der Waals surface area contributed by atoms with Crippen molar-refractivity contribution in [2.24, 2.45) is 5.73 Å². The van der Waals surface area contributed by atoms with Gasteiger partial charge in [-0.2, -0.15) is 0 Å². The number of rotatable bonds is 7. The Kier molecular flexibility index (Phi) is 6.30. The third-order valence-electron chi connectivity index (χ3n) is 4.37. The third kappa shape index (κ3) is 4.46. The summed E-state index contributed by atoms with van der Waals surface area (Å²) in [6, 6.07) is 5.66. The Morgan fingerprint density at radius 3 is 2.79 bits per heavy atom. The van der Waals surface area contributed by atoms with Crippen LogP contribution in [0.4, 0.5) is 5.82 Å². The minimum Gasteiger partial charge on any atom is -0.497 e. The molecule has 0 aliphatic rings. The average Bonchev–Trinajstić information content (AvgIpc) is 3.06. The second-order valence-electron chi connectivity index (χ2n) is 6.53. The zero-order valence-electron chi connectivity index (χ0n) is 16.2. The van der Waals surface area contributed by atoms with Crippen molar-refractivity contribution in [2.75, 3.05) is 20.0 Å². The van der Waals surface area contributed by atoms with Crippen molar-refractivity contribution >= 4 is 50.6 Å². The lowest BCUT2D eigenvalue weighted by molar-refractivity contribution is -0.146. The van der Waals surface area contributed by atoms with E-state index >= 15 is 0 Å². The van der Waals surface area contributed by atoms with Gasteiger partial charge < -0.3 is 25.5 Å². The van der Waals surface area contributed by atoms with E-state index in [0.29, 0.717) is 29.3 Å². The molecule has 0 bridgehead atoms. The number of nitrogen functional groups attached to an aromatic ring is 1. The Hall–Kier alpha value is -2.37. The van der Waals surface area contributed by atoms with Gasteiger partial charge >= 0.3 is 5.97 Å². The topological polar surface area (TPSA) is 131 Å². The van der Waals surface area contributed by atoms with E-state index in [1.807, 2.05) is 22.8 Å². The van der Waals surface area contributed by atoms with Crippen LogP contribution in [-0.4, -0.2) is 45.2 Å². The number of methoxy groups -OCH3 is 2. The van der Waals surface area contributed by atoms with Crippen molar-refractivity contribution in [3.8, 4) is 5.75 Å². The van der Waals surface area contributed by atoms with Gasteiger partial charge in [-0.05, 0) is 47.5 Å². The van der Waals surface area contributed by atoms with Gasteiger partial charge in [-0.3, -0.25) is 4.79 Å². The summed E-state index contributed by atoms with van der Waals surface area (Å²) in [5, 5.41) is 0.641. The van der Waals surface area contributed by atoms with Gasteiger partial charge in [0.2, 0.25) is 0 Å². The predicted octanol–water partition coefficient (Wildman–Crippen LogP) is 2.61. The van der Waals surface area contributed by atoms with Gasteiger partial charge in [0.05, 0.1) is 14.2 Å². The Morgan fingerprint density at radius 2 is 2.10 bits per heavy atom. The number of aryl methyl sites for hydroxylation is 1. The van der Waals surface area contributed by atoms with Crippen LogP contribution in [0.5, 0.6) is 5.75 Å². The minimum absolute atomic E-state index is 0.281. The molecular formula is C18H21BrN6O3S. The van der Waals surface area contributed by atoms with E-state index in [0.717, 1.165) is 15.1 Å². The number of halogens is 1. The van der Waals surface area contributed by atoms with Crippen molar-refractivity contribution < 1.29 is 14.3 Å². The molecule has 0 fully saturated rings. The second kappa shape index (κ2) is 8.56. The normalized spacial score (nSPS) is 13.3. The molecule has 3 rings (SSSR count). The number of hydrogen-bond acceptors (Lipinski definition) is 9. The SMILES string of the molecule is COC(=O)[C@@](C)(N)CCn1c(Sc2cc(OC)ccc2Br)nc2c(N)ncnc21. The molecule has 11 heteroatoms. The molecule has 2 heterocycles. The standard InChI is InChI=1S/C18H21BrN6O3S/c1-18(21,16(26)28-3)6-7-25-15-13(14(20)22-9-23-15)24-17(25)29-12-8-10(27-2)4-5-11(12)19/h4-5,8-9H,6-7,21H2,1-3H3,(H2,20,22,23)/t18-/m0/s1. The van der Waals surface area contributed by atoms with Crippen LogP contribution in [0.1, 0.15) is 13.3 Å². The smallest absolute Gasteiger partial charge is 0.325 e. The molecule has 0 aliphatic carbocycles. The highest BCUT2D eigenvalue weighted by Gasteiger charge is 2.30. The monoisotopic (exact) mass is 480 g/mol. The van der Waals surface area contributed by atoms with Gasteiger partial charge in [-0.1, -0.05) is 11.8 Å². The van der Waals surface area contributed by atoms with Gasteiger partial charge in [-0.15, -0.1) is 0 Å². The van der Waals surface area contributed by atoms with Crippen LogP contribution in [0.3, 0.4) is 0 Å². The number of nitrogens with two attached hydrogens (primary N) is 2. The summed E-state index contributed by atoms with van der Waals surface area (Å²) < 4.78 is 12.9. The Morgan fingerprint density at radius 1 is 1.34 bits per heavy atom. The molecule has 154 valence electrons. The number of imidazole rings is 1. The van der Waals surface area contributed by atoms with E-state index in [1.165, 1.54) is 25.2 Å². The predicted molar refractivity (Wildman–Crippen MR) is 114 cm³/mol. The Labute approximate surface area is 180 Å². The van der Waals surface area contributed by atoms with Crippen molar-refractivity contribution in [3.05, 3.63) is 29.0 Å². The van der Waals surface area contributed by atoms with Gasteiger partial charge in [0, 0.05) is 15.9 Å². The van der Waals surface area contributed by atoms with Crippen LogP contribution in [0.15, 0.2) is 39.1 Å². The molecule has 2 aromatic heterocycles. The van der Waals surface area contributed by atoms with E-state index < -0.39 is 11.5 Å². The van der Waals surface area contributed by atoms with Crippen LogP contribution in [0, 0.1) is 0 Å². The highest BCUT2D eigenvalue weighted by atomic mass is 79.9. The lowest BCUT2D eigenvalue weighted by Crippen LogP contribution is -2.46. The van der Waals surface area contributed by atoms with Crippen LogP contribution >= 0.6 is 27.7 Å².